The van der Waals surface area contributed by atoms with Gasteiger partial charge < -0.3 is 10.4 Å². The number of aliphatic hydroxyl groups is 1. The highest BCUT2D eigenvalue weighted by molar-refractivity contribution is 5.91. The Morgan fingerprint density at radius 3 is 2.62 bits per heavy atom. The van der Waals surface area contributed by atoms with Crippen LogP contribution in [-0.4, -0.2) is 22.9 Å². The molecular weight excluding hydrogens is 326 g/mol. The molecule has 0 bridgehead atoms. The maximum Gasteiger partial charge on any atom is 0.211 e. The van der Waals surface area contributed by atoms with Crippen molar-refractivity contribution in [3.63, 3.8) is 0 Å². The third-order valence-electron chi connectivity index (χ3n) is 8.66. The molecule has 0 aromatic heterocycles. The Kier molecular flexibility index (Phi) is 4.00. The van der Waals surface area contributed by atoms with E-state index in [9.17, 15) is 14.7 Å². The highest BCUT2D eigenvalue weighted by Gasteiger charge is 2.65. The number of allylic oxidation sites excluding steroid dienone is 2. The van der Waals surface area contributed by atoms with Gasteiger partial charge in [0.1, 0.15) is 0 Å². The highest BCUT2D eigenvalue weighted by Crippen LogP contribution is 2.68. The van der Waals surface area contributed by atoms with Crippen molar-refractivity contribution in [2.45, 2.75) is 77.7 Å². The van der Waals surface area contributed by atoms with Gasteiger partial charge >= 0.3 is 0 Å². The number of ketones is 1. The number of carbonyl (C=O) groups excluding carboxylic acids is 2. The molecule has 4 rings (SSSR count). The van der Waals surface area contributed by atoms with Crippen LogP contribution in [0.2, 0.25) is 0 Å². The minimum Gasteiger partial charge on any atom is -0.389 e. The summed E-state index contributed by atoms with van der Waals surface area (Å²) in [5, 5.41) is 14.9. The first-order valence-corrected chi connectivity index (χ1v) is 10.1. The zero-order valence-electron chi connectivity index (χ0n) is 16.2. The van der Waals surface area contributed by atoms with E-state index in [0.717, 1.165) is 57.1 Å². The molecule has 1 amide bonds. The molecule has 0 radical (unpaired) electrons. The van der Waals surface area contributed by atoms with Gasteiger partial charge in [-0.1, -0.05) is 19.4 Å². The summed E-state index contributed by atoms with van der Waals surface area (Å²) < 4.78 is 0. The lowest BCUT2D eigenvalue weighted by atomic mass is 9.45. The van der Waals surface area contributed by atoms with Gasteiger partial charge in [0.05, 0.1) is 5.60 Å². The smallest absolute Gasteiger partial charge is 0.211 e. The molecule has 4 aliphatic rings. The Bertz CT molecular complexity index is 723. The van der Waals surface area contributed by atoms with Gasteiger partial charge in [-0.2, -0.15) is 0 Å². The number of nitrogens with one attached hydrogen (secondary N) is 1. The van der Waals surface area contributed by atoms with Crippen LogP contribution in [0.5, 0.6) is 0 Å². The second-order valence-electron chi connectivity index (χ2n) is 9.47. The van der Waals surface area contributed by atoms with Crippen LogP contribution in [0.25, 0.3) is 0 Å². The van der Waals surface area contributed by atoms with Gasteiger partial charge in [-0.05, 0) is 80.8 Å². The number of hydrogen-bond acceptors (Lipinski definition) is 3. The Morgan fingerprint density at radius 1 is 1.15 bits per heavy atom. The zero-order chi connectivity index (χ0) is 18.7. The first-order chi connectivity index (χ1) is 12.3. The summed E-state index contributed by atoms with van der Waals surface area (Å²) in [6, 6.07) is 0. The molecule has 0 aromatic rings. The van der Waals surface area contributed by atoms with Crippen molar-refractivity contribution in [2.75, 3.05) is 0 Å². The third-order valence-corrected chi connectivity index (χ3v) is 8.66. The molecular formula is C22H31NO3. The molecule has 0 aliphatic heterocycles. The number of amides is 1. The average Bonchev–Trinajstić information content (AvgIpc) is 2.94. The molecule has 4 aliphatic carbocycles. The molecule has 0 unspecified atom stereocenters. The standard InChI is InChI=1S/C22H31NO3/c1-14(23-13-24)17-6-7-18-19-5-4-15-12-16(25)8-9-21(15,3)22(19,26)11-10-20(17,18)2/h12-13,18-19,26H,4-11H2,1-3H3,(H,23,24)/t18-,19-,20+,21-,22+/m0/s1. The monoisotopic (exact) mass is 357 g/mol. The van der Waals surface area contributed by atoms with Crippen LogP contribution in [-0.2, 0) is 9.59 Å². The number of carbonyl (C=O) groups is 2. The highest BCUT2D eigenvalue weighted by atomic mass is 16.3. The topological polar surface area (TPSA) is 66.4 Å². The summed E-state index contributed by atoms with van der Waals surface area (Å²) in [6.07, 6.45) is 9.69. The van der Waals surface area contributed by atoms with Crippen molar-refractivity contribution >= 4 is 12.2 Å². The Labute approximate surface area is 156 Å². The van der Waals surface area contributed by atoms with E-state index < -0.39 is 5.60 Å². The normalized spacial score (nSPS) is 46.6. The lowest BCUT2D eigenvalue weighted by molar-refractivity contribution is -0.183. The van der Waals surface area contributed by atoms with Crippen LogP contribution < -0.4 is 5.32 Å². The summed E-state index contributed by atoms with van der Waals surface area (Å²) >= 11 is 0. The molecule has 0 spiro atoms. The van der Waals surface area contributed by atoms with Crippen LogP contribution in [0.1, 0.15) is 72.1 Å². The predicted octanol–water partition coefficient (Wildman–Crippen LogP) is 3.65. The first-order valence-electron chi connectivity index (χ1n) is 10.1. The van der Waals surface area contributed by atoms with E-state index in [1.54, 1.807) is 0 Å². The van der Waals surface area contributed by atoms with Gasteiger partial charge in [-0.15, -0.1) is 0 Å². The minimum atomic E-state index is -0.705. The molecule has 4 nitrogen and oxygen atoms in total. The quantitative estimate of drug-likeness (QED) is 0.741. The zero-order valence-corrected chi connectivity index (χ0v) is 16.2. The maximum absolute atomic E-state index is 12.0. The molecule has 0 aromatic carbocycles. The van der Waals surface area contributed by atoms with Crippen LogP contribution in [0.4, 0.5) is 0 Å². The molecule has 26 heavy (non-hydrogen) atoms. The summed E-state index contributed by atoms with van der Waals surface area (Å²) in [6.45, 7) is 6.55. The summed E-state index contributed by atoms with van der Waals surface area (Å²) in [5.74, 6) is 0.954. The van der Waals surface area contributed by atoms with Crippen molar-refractivity contribution in [3.05, 3.63) is 22.9 Å². The van der Waals surface area contributed by atoms with E-state index in [1.807, 2.05) is 13.0 Å². The predicted molar refractivity (Wildman–Crippen MR) is 100 cm³/mol. The van der Waals surface area contributed by atoms with E-state index in [4.69, 9.17) is 0 Å². The maximum atomic E-state index is 12.0. The number of rotatable bonds is 2. The fourth-order valence-electron chi connectivity index (χ4n) is 7.11. The van der Waals surface area contributed by atoms with Gasteiger partial charge in [-0.25, -0.2) is 0 Å². The lowest BCUT2D eigenvalue weighted by Gasteiger charge is -2.62. The largest absolute Gasteiger partial charge is 0.389 e. The van der Waals surface area contributed by atoms with Gasteiger partial charge in [0.25, 0.3) is 0 Å². The molecule has 2 N–H and O–H groups in total. The average molecular weight is 357 g/mol. The number of fused-ring (bicyclic) bond motifs is 5. The number of hydrogen-bond donors (Lipinski definition) is 2. The Balaban J connectivity index is 1.73. The second-order valence-corrected chi connectivity index (χ2v) is 9.47. The second kappa shape index (κ2) is 5.79. The summed E-state index contributed by atoms with van der Waals surface area (Å²) in [5.41, 5.74) is 2.67. The Morgan fingerprint density at radius 2 is 1.88 bits per heavy atom. The van der Waals surface area contributed by atoms with Crippen molar-refractivity contribution in [1.82, 2.24) is 5.32 Å². The van der Waals surface area contributed by atoms with Crippen LogP contribution in [0.15, 0.2) is 22.9 Å². The summed E-state index contributed by atoms with van der Waals surface area (Å²) in [7, 11) is 0. The van der Waals surface area contributed by atoms with Crippen molar-refractivity contribution in [3.8, 4) is 0 Å². The van der Waals surface area contributed by atoms with Gasteiger partial charge in [-0.3, -0.25) is 9.59 Å². The van der Waals surface area contributed by atoms with E-state index in [-0.39, 0.29) is 22.5 Å². The first kappa shape index (κ1) is 18.0. The summed E-state index contributed by atoms with van der Waals surface area (Å²) in [4.78, 5) is 22.9. The van der Waals surface area contributed by atoms with Crippen LogP contribution in [0.3, 0.4) is 0 Å². The van der Waals surface area contributed by atoms with Gasteiger partial charge in [0.2, 0.25) is 6.41 Å². The molecule has 3 saturated carbocycles. The SMILES string of the molecule is CC(NC=O)=C1CC[C@H]2[C@@H]3CCC4=CC(=O)CC[C@]4(C)[C@@]3(O)CC[C@]12C. The van der Waals surface area contributed by atoms with Crippen molar-refractivity contribution < 1.29 is 14.7 Å². The van der Waals surface area contributed by atoms with E-state index >= 15 is 0 Å². The minimum absolute atomic E-state index is 0.0685. The van der Waals surface area contributed by atoms with Gasteiger partial charge in [0, 0.05) is 17.5 Å². The fourth-order valence-corrected chi connectivity index (χ4v) is 7.11. The molecule has 3 fully saturated rings. The molecule has 0 saturated heterocycles. The van der Waals surface area contributed by atoms with E-state index in [0.29, 0.717) is 12.3 Å². The lowest BCUT2D eigenvalue weighted by Crippen LogP contribution is -2.62. The van der Waals surface area contributed by atoms with Crippen molar-refractivity contribution in [1.29, 1.82) is 0 Å². The van der Waals surface area contributed by atoms with Crippen LogP contribution >= 0.6 is 0 Å². The van der Waals surface area contributed by atoms with Crippen LogP contribution in [0, 0.1) is 22.7 Å². The fraction of sp³-hybridized carbons (Fsp3) is 0.727. The third kappa shape index (κ3) is 2.17. The van der Waals surface area contributed by atoms with Crippen molar-refractivity contribution in [2.24, 2.45) is 22.7 Å². The van der Waals surface area contributed by atoms with E-state index in [2.05, 4.69) is 19.2 Å². The Hall–Kier alpha value is -1.42. The molecule has 142 valence electrons. The molecule has 5 atom stereocenters. The molecule has 0 heterocycles. The van der Waals surface area contributed by atoms with E-state index in [1.165, 1.54) is 11.1 Å². The molecule has 4 heteroatoms. The van der Waals surface area contributed by atoms with Gasteiger partial charge in [0.15, 0.2) is 5.78 Å².